The topological polar surface area (TPSA) is 134 Å². The van der Waals surface area contributed by atoms with Crippen molar-refractivity contribution in [3.05, 3.63) is 31.8 Å². The Kier molecular flexibility index (Phi) is 4.18. The predicted molar refractivity (Wildman–Crippen MR) is 85.4 cm³/mol. The summed E-state index contributed by atoms with van der Waals surface area (Å²) in [6.07, 6.45) is 3.75. The number of ether oxygens (including phenoxy) is 1. The molecular formula is C14H13N5O4S. The Hall–Kier alpha value is -2.93. The zero-order valence-corrected chi connectivity index (χ0v) is 13.5. The van der Waals surface area contributed by atoms with Crippen molar-refractivity contribution in [1.82, 2.24) is 10.2 Å². The van der Waals surface area contributed by atoms with Gasteiger partial charge in [-0.25, -0.2) is 0 Å². The van der Waals surface area contributed by atoms with E-state index in [1.54, 1.807) is 0 Å². The monoisotopic (exact) mass is 347 g/mol. The van der Waals surface area contributed by atoms with Gasteiger partial charge >= 0.3 is 11.6 Å². The van der Waals surface area contributed by atoms with Gasteiger partial charge in [-0.1, -0.05) is 0 Å². The summed E-state index contributed by atoms with van der Waals surface area (Å²) in [5, 5.41) is 29.5. The standard InChI is InChI=1S/C14H13N5O4S/c1-23-13-11(19(21)22)10(17-18-13)12(20)16-14-8(6-15)7-4-2-3-5-9(7)24-14/h2-5H2,1H3,(H,16,20)(H,17,18). The van der Waals surface area contributed by atoms with Crippen LogP contribution in [0.25, 0.3) is 0 Å². The summed E-state index contributed by atoms with van der Waals surface area (Å²) >= 11 is 1.35. The number of hydrogen-bond acceptors (Lipinski definition) is 7. The molecule has 24 heavy (non-hydrogen) atoms. The number of nitriles is 1. The maximum atomic E-state index is 12.4. The number of amides is 1. The number of aryl methyl sites for hydroxylation is 1. The van der Waals surface area contributed by atoms with Crippen molar-refractivity contribution in [2.24, 2.45) is 0 Å². The van der Waals surface area contributed by atoms with Gasteiger partial charge in [-0.15, -0.1) is 16.4 Å². The lowest BCUT2D eigenvalue weighted by molar-refractivity contribution is -0.386. The van der Waals surface area contributed by atoms with Crippen molar-refractivity contribution >= 4 is 27.9 Å². The smallest absolute Gasteiger partial charge is 0.362 e. The molecule has 0 radical (unpaired) electrons. The summed E-state index contributed by atoms with van der Waals surface area (Å²) in [5.41, 5.74) is 0.569. The Bertz CT molecular complexity index is 863. The number of aromatic nitrogens is 2. The van der Waals surface area contributed by atoms with Crippen LogP contribution >= 0.6 is 11.3 Å². The number of carbonyl (C=O) groups excluding carboxylic acids is 1. The van der Waals surface area contributed by atoms with E-state index in [0.717, 1.165) is 36.1 Å². The van der Waals surface area contributed by atoms with E-state index in [4.69, 9.17) is 4.74 Å². The van der Waals surface area contributed by atoms with Gasteiger partial charge in [-0.05, 0) is 31.2 Å². The molecule has 0 fully saturated rings. The third-order valence-corrected chi connectivity index (χ3v) is 5.03. The molecule has 2 heterocycles. The van der Waals surface area contributed by atoms with Crippen molar-refractivity contribution in [3.63, 3.8) is 0 Å². The van der Waals surface area contributed by atoms with Gasteiger partial charge in [0, 0.05) is 4.88 Å². The normalized spacial score (nSPS) is 13.0. The zero-order chi connectivity index (χ0) is 17.3. The number of carbonyl (C=O) groups is 1. The molecule has 1 aliphatic rings. The molecule has 10 heteroatoms. The van der Waals surface area contributed by atoms with Crippen LogP contribution in [0.4, 0.5) is 10.7 Å². The molecule has 2 aromatic heterocycles. The Labute approximate surface area is 140 Å². The Morgan fingerprint density at radius 3 is 2.92 bits per heavy atom. The molecule has 0 aliphatic heterocycles. The molecule has 2 N–H and O–H groups in total. The lowest BCUT2D eigenvalue weighted by Crippen LogP contribution is -2.14. The van der Waals surface area contributed by atoms with E-state index in [1.165, 1.54) is 18.4 Å². The van der Waals surface area contributed by atoms with Crippen LogP contribution in [-0.4, -0.2) is 28.1 Å². The van der Waals surface area contributed by atoms with Gasteiger partial charge in [0.2, 0.25) is 5.69 Å². The van der Waals surface area contributed by atoms with Crippen molar-refractivity contribution in [3.8, 4) is 11.9 Å². The molecule has 2 aromatic rings. The van der Waals surface area contributed by atoms with Crippen LogP contribution in [0.15, 0.2) is 0 Å². The van der Waals surface area contributed by atoms with E-state index >= 15 is 0 Å². The fourth-order valence-electron chi connectivity index (χ4n) is 2.73. The average molecular weight is 347 g/mol. The summed E-state index contributed by atoms with van der Waals surface area (Å²) in [5.74, 6) is -0.997. The van der Waals surface area contributed by atoms with Crippen LogP contribution < -0.4 is 10.1 Å². The average Bonchev–Trinajstić information content (AvgIpc) is 3.15. The summed E-state index contributed by atoms with van der Waals surface area (Å²) in [7, 11) is 1.23. The molecule has 0 saturated heterocycles. The Morgan fingerprint density at radius 2 is 2.25 bits per heavy atom. The minimum atomic E-state index is -0.734. The van der Waals surface area contributed by atoms with E-state index in [2.05, 4.69) is 21.6 Å². The molecule has 0 atom stereocenters. The lowest BCUT2D eigenvalue weighted by Gasteiger charge is -2.09. The molecule has 1 amide bonds. The largest absolute Gasteiger partial charge is 0.475 e. The number of H-pyrrole nitrogens is 1. The highest BCUT2D eigenvalue weighted by atomic mass is 32.1. The number of methoxy groups -OCH3 is 1. The molecule has 9 nitrogen and oxygen atoms in total. The molecule has 0 saturated carbocycles. The first-order valence-corrected chi connectivity index (χ1v) is 8.01. The van der Waals surface area contributed by atoms with Crippen LogP contribution in [-0.2, 0) is 12.8 Å². The quantitative estimate of drug-likeness (QED) is 0.644. The summed E-state index contributed by atoms with van der Waals surface area (Å²) < 4.78 is 4.79. The SMILES string of the molecule is COc1n[nH]c(C(=O)Nc2sc3c(c2C#N)CCCC3)c1[N+](=O)[O-]. The third-order valence-electron chi connectivity index (χ3n) is 3.82. The molecular weight excluding hydrogens is 334 g/mol. The van der Waals surface area contributed by atoms with Crippen molar-refractivity contribution in [2.75, 3.05) is 12.4 Å². The fourth-order valence-corrected chi connectivity index (χ4v) is 3.96. The highest BCUT2D eigenvalue weighted by Crippen LogP contribution is 2.38. The summed E-state index contributed by atoms with van der Waals surface area (Å²) in [6, 6.07) is 2.13. The van der Waals surface area contributed by atoms with Crippen LogP contribution in [0, 0.1) is 21.4 Å². The van der Waals surface area contributed by atoms with E-state index in [-0.39, 0.29) is 11.6 Å². The molecule has 0 spiro atoms. The molecule has 0 unspecified atom stereocenters. The highest BCUT2D eigenvalue weighted by Gasteiger charge is 2.31. The molecule has 0 bridgehead atoms. The van der Waals surface area contributed by atoms with Crippen molar-refractivity contribution in [2.45, 2.75) is 25.7 Å². The van der Waals surface area contributed by atoms with Gasteiger partial charge in [0.25, 0.3) is 5.91 Å². The zero-order valence-electron chi connectivity index (χ0n) is 12.7. The first-order valence-electron chi connectivity index (χ1n) is 7.19. The maximum absolute atomic E-state index is 12.4. The van der Waals surface area contributed by atoms with Crippen LogP contribution in [0.1, 0.15) is 39.3 Å². The van der Waals surface area contributed by atoms with E-state index < -0.39 is 16.5 Å². The predicted octanol–water partition coefficient (Wildman–Crippen LogP) is 2.39. The third kappa shape index (κ3) is 2.59. The molecule has 124 valence electrons. The highest BCUT2D eigenvalue weighted by molar-refractivity contribution is 7.16. The van der Waals surface area contributed by atoms with Crippen LogP contribution in [0.2, 0.25) is 0 Å². The van der Waals surface area contributed by atoms with Crippen molar-refractivity contribution < 1.29 is 14.5 Å². The van der Waals surface area contributed by atoms with Gasteiger partial charge in [0.05, 0.1) is 17.6 Å². The second kappa shape index (κ2) is 6.29. The van der Waals surface area contributed by atoms with Crippen LogP contribution in [0.5, 0.6) is 5.88 Å². The minimum absolute atomic E-state index is 0.267. The number of nitrogens with one attached hydrogen (secondary N) is 2. The van der Waals surface area contributed by atoms with Gasteiger partial charge in [-0.2, -0.15) is 5.26 Å². The van der Waals surface area contributed by atoms with Gasteiger partial charge < -0.3 is 10.1 Å². The van der Waals surface area contributed by atoms with E-state index in [0.29, 0.717) is 10.6 Å². The maximum Gasteiger partial charge on any atom is 0.362 e. The molecule has 3 rings (SSSR count). The number of rotatable bonds is 4. The van der Waals surface area contributed by atoms with Gasteiger partial charge in [-0.3, -0.25) is 20.0 Å². The number of thiophene rings is 1. The lowest BCUT2D eigenvalue weighted by atomic mass is 9.96. The second-order valence-corrected chi connectivity index (χ2v) is 6.30. The number of hydrogen-bond donors (Lipinski definition) is 2. The van der Waals surface area contributed by atoms with Crippen molar-refractivity contribution in [1.29, 1.82) is 5.26 Å². The molecule has 1 aliphatic carbocycles. The summed E-state index contributed by atoms with van der Waals surface area (Å²) in [4.78, 5) is 23.9. The number of anilines is 1. The first-order chi connectivity index (χ1) is 11.6. The number of nitrogens with zero attached hydrogens (tertiary/aromatic N) is 3. The van der Waals surface area contributed by atoms with Crippen LogP contribution in [0.3, 0.4) is 0 Å². The number of nitro groups is 1. The van der Waals surface area contributed by atoms with E-state index in [9.17, 15) is 20.2 Å². The van der Waals surface area contributed by atoms with E-state index in [1.807, 2.05) is 0 Å². The minimum Gasteiger partial charge on any atom is -0.475 e. The number of aromatic amines is 1. The Balaban J connectivity index is 1.94. The first kappa shape index (κ1) is 15.9. The van der Waals surface area contributed by atoms with Gasteiger partial charge in [0.15, 0.2) is 0 Å². The Morgan fingerprint density at radius 1 is 1.50 bits per heavy atom. The molecule has 0 aromatic carbocycles. The fraction of sp³-hybridized carbons (Fsp3) is 0.357. The number of fused-ring (bicyclic) bond motifs is 1. The summed E-state index contributed by atoms with van der Waals surface area (Å²) in [6.45, 7) is 0. The second-order valence-electron chi connectivity index (χ2n) is 5.19. The van der Waals surface area contributed by atoms with Gasteiger partial charge in [0.1, 0.15) is 11.1 Å².